The summed E-state index contributed by atoms with van der Waals surface area (Å²) in [7, 11) is 0. The van der Waals surface area contributed by atoms with Gasteiger partial charge in [-0.2, -0.15) is 0 Å². The van der Waals surface area contributed by atoms with Crippen molar-refractivity contribution in [3.63, 3.8) is 0 Å². The van der Waals surface area contributed by atoms with E-state index in [0.29, 0.717) is 6.42 Å². The lowest BCUT2D eigenvalue weighted by Crippen LogP contribution is -2.11. The molecule has 0 saturated heterocycles. The third-order valence-corrected chi connectivity index (χ3v) is 1.01. The molecule has 1 N–H and O–H groups in total. The first-order chi connectivity index (χ1) is 4.68. The lowest BCUT2D eigenvalue weighted by molar-refractivity contribution is -0.149. The molecule has 0 bridgehead atoms. The van der Waals surface area contributed by atoms with Crippen LogP contribution in [-0.4, -0.2) is 16.9 Å². The molecule has 3 nitrogen and oxygen atoms in total. The number of allylic oxidation sites excluding steroid dienone is 2. The molecule has 0 heterocycles. The van der Waals surface area contributed by atoms with E-state index in [9.17, 15) is 9.59 Å². The van der Waals surface area contributed by atoms with Crippen LogP contribution in [0.4, 0.5) is 0 Å². The highest BCUT2D eigenvalue weighted by Gasteiger charge is 2.08. The van der Waals surface area contributed by atoms with E-state index in [2.05, 4.69) is 0 Å². The molecule has 0 radical (unpaired) electrons. The van der Waals surface area contributed by atoms with E-state index in [1.54, 1.807) is 12.2 Å². The molecule has 0 rings (SSSR count). The lowest BCUT2D eigenvalue weighted by Gasteiger charge is -1.88. The first kappa shape index (κ1) is 8.88. The highest BCUT2D eigenvalue weighted by atomic mass is 16.4. The van der Waals surface area contributed by atoms with Gasteiger partial charge in [0.2, 0.25) is 5.78 Å². The normalized spacial score (nSPS) is 10.1. The topological polar surface area (TPSA) is 54.4 Å². The first-order valence-electron chi connectivity index (χ1n) is 3.05. The molecule has 0 aliphatic rings. The fourth-order valence-corrected chi connectivity index (χ4v) is 0.488. The summed E-state index contributed by atoms with van der Waals surface area (Å²) in [4.78, 5) is 20.3. The van der Waals surface area contributed by atoms with E-state index in [4.69, 9.17) is 5.11 Å². The molecule has 0 aromatic carbocycles. The maximum Gasteiger partial charge on any atom is 0.372 e. The van der Waals surface area contributed by atoms with E-state index in [1.165, 1.54) is 0 Å². The van der Waals surface area contributed by atoms with Crippen molar-refractivity contribution in [2.45, 2.75) is 19.8 Å². The van der Waals surface area contributed by atoms with Crippen molar-refractivity contribution >= 4 is 11.8 Å². The van der Waals surface area contributed by atoms with Crippen LogP contribution >= 0.6 is 0 Å². The molecule has 0 aliphatic carbocycles. The minimum atomic E-state index is -1.34. The van der Waals surface area contributed by atoms with Crippen molar-refractivity contribution in [3.05, 3.63) is 12.2 Å². The Bertz CT molecular complexity index is 158. The Labute approximate surface area is 59.4 Å². The molecule has 0 aromatic rings. The summed E-state index contributed by atoms with van der Waals surface area (Å²) in [5.74, 6) is -2.07. The number of hydrogen-bond donors (Lipinski definition) is 1. The third kappa shape index (κ3) is 3.83. The largest absolute Gasteiger partial charge is 0.476 e. The molecule has 0 saturated carbocycles. The molecule has 0 fully saturated rings. The molecule has 56 valence electrons. The second-order valence-corrected chi connectivity index (χ2v) is 1.84. The molecule has 0 aliphatic heterocycles. The van der Waals surface area contributed by atoms with Gasteiger partial charge in [-0.05, 0) is 13.3 Å². The molecule has 0 aromatic heterocycles. The van der Waals surface area contributed by atoms with Crippen LogP contribution in [0.3, 0.4) is 0 Å². The van der Waals surface area contributed by atoms with Crippen LogP contribution in [0.25, 0.3) is 0 Å². The van der Waals surface area contributed by atoms with Crippen LogP contribution in [0.2, 0.25) is 0 Å². The average molecular weight is 142 g/mol. The Morgan fingerprint density at radius 1 is 1.50 bits per heavy atom. The summed E-state index contributed by atoms with van der Waals surface area (Å²) in [5, 5.41) is 8.11. The van der Waals surface area contributed by atoms with Crippen molar-refractivity contribution in [2.24, 2.45) is 0 Å². The smallest absolute Gasteiger partial charge is 0.372 e. The van der Waals surface area contributed by atoms with E-state index < -0.39 is 11.8 Å². The van der Waals surface area contributed by atoms with E-state index in [1.807, 2.05) is 6.92 Å². The molecule has 10 heavy (non-hydrogen) atoms. The number of ketones is 1. The predicted molar refractivity (Wildman–Crippen MR) is 36.7 cm³/mol. The van der Waals surface area contributed by atoms with E-state index in [0.717, 1.165) is 0 Å². The summed E-state index contributed by atoms with van der Waals surface area (Å²) in [6.45, 7) is 1.82. The van der Waals surface area contributed by atoms with Gasteiger partial charge >= 0.3 is 5.97 Å². The number of carbonyl (C=O) groups excluding carboxylic acids is 1. The molecule has 0 amide bonds. The van der Waals surface area contributed by atoms with Crippen LogP contribution in [0.15, 0.2) is 12.2 Å². The monoisotopic (exact) mass is 142 g/mol. The summed E-state index contributed by atoms with van der Waals surface area (Å²) in [6.07, 6.45) is 4.16. The van der Waals surface area contributed by atoms with Crippen molar-refractivity contribution in [1.82, 2.24) is 0 Å². The van der Waals surface area contributed by atoms with Gasteiger partial charge in [0.25, 0.3) is 0 Å². The van der Waals surface area contributed by atoms with Gasteiger partial charge in [0, 0.05) is 6.42 Å². The second-order valence-electron chi connectivity index (χ2n) is 1.84. The van der Waals surface area contributed by atoms with Crippen LogP contribution < -0.4 is 0 Å². The highest BCUT2D eigenvalue weighted by molar-refractivity contribution is 6.32. The van der Waals surface area contributed by atoms with Gasteiger partial charge in [0.05, 0.1) is 0 Å². The van der Waals surface area contributed by atoms with Gasteiger partial charge in [-0.15, -0.1) is 0 Å². The summed E-state index contributed by atoms with van der Waals surface area (Å²) in [5.41, 5.74) is 0. The zero-order valence-corrected chi connectivity index (χ0v) is 5.83. The van der Waals surface area contributed by atoms with Gasteiger partial charge in [-0.3, -0.25) is 4.79 Å². The van der Waals surface area contributed by atoms with Gasteiger partial charge in [-0.1, -0.05) is 12.2 Å². The molecule has 0 spiro atoms. The molecule has 0 unspecified atom stereocenters. The summed E-state index contributed by atoms with van der Waals surface area (Å²) in [6, 6.07) is 0. The van der Waals surface area contributed by atoms with Gasteiger partial charge in [0.15, 0.2) is 0 Å². The first-order valence-corrected chi connectivity index (χ1v) is 3.05. The summed E-state index contributed by atoms with van der Waals surface area (Å²) < 4.78 is 0. The van der Waals surface area contributed by atoms with E-state index in [-0.39, 0.29) is 6.42 Å². The Morgan fingerprint density at radius 3 is 2.50 bits per heavy atom. The predicted octanol–water partition coefficient (Wildman–Crippen LogP) is 0.996. The minimum Gasteiger partial charge on any atom is -0.476 e. The Kier molecular flexibility index (Phi) is 4.20. The Hall–Kier alpha value is -1.12. The third-order valence-electron chi connectivity index (χ3n) is 1.01. The van der Waals surface area contributed by atoms with Crippen LogP contribution in [0.5, 0.6) is 0 Å². The molecule has 3 heteroatoms. The Balaban J connectivity index is 3.50. The molecular formula is C7H10O3. The van der Waals surface area contributed by atoms with Crippen LogP contribution in [-0.2, 0) is 9.59 Å². The zero-order chi connectivity index (χ0) is 7.98. The zero-order valence-electron chi connectivity index (χ0n) is 5.83. The van der Waals surface area contributed by atoms with Gasteiger partial charge in [0.1, 0.15) is 0 Å². The SMILES string of the molecule is C/C=C/CCC(=O)C(=O)O. The number of Topliss-reactive ketones (excluding diaryl/α,β-unsaturated/α-hetero) is 1. The fraction of sp³-hybridized carbons (Fsp3) is 0.429. The van der Waals surface area contributed by atoms with Crippen molar-refractivity contribution in [2.75, 3.05) is 0 Å². The number of carboxylic acid groups (broad SMARTS) is 1. The average Bonchev–Trinajstić information content (AvgIpc) is 1.88. The van der Waals surface area contributed by atoms with Gasteiger partial charge in [-0.25, -0.2) is 4.79 Å². The maximum absolute atomic E-state index is 10.4. The minimum absolute atomic E-state index is 0.0969. The van der Waals surface area contributed by atoms with Crippen molar-refractivity contribution in [1.29, 1.82) is 0 Å². The summed E-state index contributed by atoms with van der Waals surface area (Å²) >= 11 is 0. The lowest BCUT2D eigenvalue weighted by atomic mass is 10.2. The number of rotatable bonds is 4. The van der Waals surface area contributed by atoms with Crippen LogP contribution in [0, 0.1) is 0 Å². The number of hydrogen-bond acceptors (Lipinski definition) is 2. The highest BCUT2D eigenvalue weighted by Crippen LogP contribution is 1.92. The van der Waals surface area contributed by atoms with Gasteiger partial charge < -0.3 is 5.11 Å². The standard InChI is InChI=1S/C7H10O3/c1-2-3-4-5-6(8)7(9)10/h2-3H,4-5H2,1H3,(H,9,10)/b3-2+. The molecule has 0 atom stereocenters. The second kappa shape index (κ2) is 4.73. The molecular weight excluding hydrogens is 132 g/mol. The van der Waals surface area contributed by atoms with Crippen molar-refractivity contribution < 1.29 is 14.7 Å². The van der Waals surface area contributed by atoms with E-state index >= 15 is 0 Å². The number of carboxylic acids is 1. The number of carbonyl (C=O) groups is 2. The quantitative estimate of drug-likeness (QED) is 0.470. The number of aliphatic carboxylic acids is 1. The van der Waals surface area contributed by atoms with Crippen molar-refractivity contribution in [3.8, 4) is 0 Å². The maximum atomic E-state index is 10.4. The fourth-order valence-electron chi connectivity index (χ4n) is 0.488. The Morgan fingerprint density at radius 2 is 2.10 bits per heavy atom. The van der Waals surface area contributed by atoms with Crippen LogP contribution in [0.1, 0.15) is 19.8 Å².